The molecule has 1 saturated heterocycles. The Morgan fingerprint density at radius 2 is 2.04 bits per heavy atom. The zero-order valence-corrected chi connectivity index (χ0v) is 14.4. The van der Waals surface area contributed by atoms with Gasteiger partial charge in [-0.05, 0) is 51.6 Å². The summed E-state index contributed by atoms with van der Waals surface area (Å²) in [6.45, 7) is 5.67. The maximum Gasteiger partial charge on any atom is 0.423 e. The highest BCUT2D eigenvalue weighted by Crippen LogP contribution is 2.36. The van der Waals surface area contributed by atoms with Crippen LogP contribution in [0, 0.1) is 0 Å². The van der Waals surface area contributed by atoms with E-state index in [9.17, 15) is 13.2 Å². The molecule has 0 bridgehead atoms. The number of hydrogen-bond donors (Lipinski definition) is 0. The van der Waals surface area contributed by atoms with Crippen molar-refractivity contribution in [3.05, 3.63) is 17.0 Å². The fourth-order valence-electron chi connectivity index (χ4n) is 2.18. The average Bonchev–Trinajstić information content (AvgIpc) is 2.46. The van der Waals surface area contributed by atoms with E-state index in [0.717, 1.165) is 19.3 Å². The molecule has 0 N–H and O–H groups in total. The van der Waals surface area contributed by atoms with E-state index in [4.69, 9.17) is 25.8 Å². The molecule has 1 aromatic rings. The highest BCUT2D eigenvalue weighted by molar-refractivity contribution is 6.28. The summed E-state index contributed by atoms with van der Waals surface area (Å²) in [7, 11) is 0. The van der Waals surface area contributed by atoms with Gasteiger partial charge in [-0.1, -0.05) is 0 Å². The molecule has 0 radical (unpaired) electrons. The van der Waals surface area contributed by atoms with Crippen LogP contribution in [0.2, 0.25) is 5.28 Å². The second-order valence-electron chi connectivity index (χ2n) is 6.13. The van der Waals surface area contributed by atoms with Gasteiger partial charge in [0, 0.05) is 12.8 Å². The van der Waals surface area contributed by atoms with Gasteiger partial charge in [-0.3, -0.25) is 0 Å². The first-order chi connectivity index (χ1) is 11.1. The van der Waals surface area contributed by atoms with Crippen LogP contribution in [0.1, 0.15) is 45.6 Å². The van der Waals surface area contributed by atoms with Gasteiger partial charge in [0.15, 0.2) is 6.29 Å². The van der Waals surface area contributed by atoms with E-state index in [-0.39, 0.29) is 5.28 Å². The summed E-state index contributed by atoms with van der Waals surface area (Å²) < 4.78 is 55.9. The Labute approximate surface area is 143 Å². The van der Waals surface area contributed by atoms with Crippen molar-refractivity contribution < 1.29 is 27.4 Å². The minimum atomic E-state index is -4.64. The lowest BCUT2D eigenvalue weighted by atomic mass is 10.0. The van der Waals surface area contributed by atoms with Gasteiger partial charge in [-0.2, -0.15) is 18.2 Å². The molecule has 2 atom stereocenters. The quantitative estimate of drug-likeness (QED) is 0.728. The van der Waals surface area contributed by atoms with Crippen molar-refractivity contribution in [2.75, 3.05) is 6.61 Å². The Bertz CT molecular complexity index is 563. The molecule has 136 valence electrons. The molecule has 2 heterocycles. The molecule has 0 amide bonds. The van der Waals surface area contributed by atoms with Crippen molar-refractivity contribution in [3.63, 3.8) is 0 Å². The van der Waals surface area contributed by atoms with E-state index in [1.807, 2.05) is 0 Å². The molecule has 0 saturated carbocycles. The van der Waals surface area contributed by atoms with Crippen LogP contribution in [-0.4, -0.2) is 34.6 Å². The summed E-state index contributed by atoms with van der Waals surface area (Å²) >= 11 is 5.60. The van der Waals surface area contributed by atoms with Crippen LogP contribution in [-0.2, 0) is 15.7 Å². The molecule has 0 aromatic carbocycles. The van der Waals surface area contributed by atoms with E-state index < -0.39 is 35.6 Å². The van der Waals surface area contributed by atoms with Crippen molar-refractivity contribution in [1.82, 2.24) is 9.97 Å². The molecule has 2 unspecified atom stereocenters. The summed E-state index contributed by atoms with van der Waals surface area (Å²) in [5, 5.41) is -0.320. The van der Waals surface area contributed by atoms with Crippen LogP contribution in [0.4, 0.5) is 13.2 Å². The molecule has 0 spiro atoms. The van der Waals surface area contributed by atoms with Crippen molar-refractivity contribution in [1.29, 1.82) is 0 Å². The average molecular weight is 369 g/mol. The first kappa shape index (κ1) is 19.2. The van der Waals surface area contributed by atoms with Crippen LogP contribution in [0.5, 0.6) is 5.88 Å². The second-order valence-corrected chi connectivity index (χ2v) is 6.47. The van der Waals surface area contributed by atoms with Crippen molar-refractivity contribution in [3.8, 4) is 5.88 Å². The number of hydrogen-bond acceptors (Lipinski definition) is 5. The second kappa shape index (κ2) is 7.41. The molecule has 1 fully saturated rings. The lowest BCUT2D eigenvalue weighted by molar-refractivity contribution is -0.234. The third-order valence-corrected chi connectivity index (χ3v) is 4.05. The number of aromatic nitrogens is 2. The number of halogens is 4. The molecule has 0 aliphatic carbocycles. The summed E-state index contributed by atoms with van der Waals surface area (Å²) in [5.41, 5.74) is -1.97. The minimum Gasteiger partial charge on any atom is -0.471 e. The van der Waals surface area contributed by atoms with E-state index in [1.54, 1.807) is 20.8 Å². The SMILES string of the molecule is CC(Oc1nc(Cl)ncc1C(F)(F)F)C(C)(C)OC1CCCCO1. The standard InChI is InChI=1S/C15H20ClF3N2O3/c1-9(14(2,3)24-11-6-4-5-7-22-11)23-12-10(15(17,18)19)8-20-13(16)21-12/h8-9,11H,4-7H2,1-3H3. The Morgan fingerprint density at radius 1 is 1.33 bits per heavy atom. The van der Waals surface area contributed by atoms with Gasteiger partial charge in [0.25, 0.3) is 0 Å². The van der Waals surface area contributed by atoms with E-state index in [1.165, 1.54) is 0 Å². The van der Waals surface area contributed by atoms with E-state index >= 15 is 0 Å². The molecular weight excluding hydrogens is 349 g/mol. The fourth-order valence-corrected chi connectivity index (χ4v) is 2.30. The third-order valence-electron chi connectivity index (χ3n) is 3.87. The molecule has 9 heteroatoms. The van der Waals surface area contributed by atoms with E-state index in [0.29, 0.717) is 12.8 Å². The number of nitrogens with zero attached hydrogens (tertiary/aromatic N) is 2. The molecule has 24 heavy (non-hydrogen) atoms. The zero-order valence-electron chi connectivity index (χ0n) is 13.7. The van der Waals surface area contributed by atoms with Crippen LogP contribution in [0.15, 0.2) is 6.20 Å². The summed E-state index contributed by atoms with van der Waals surface area (Å²) in [4.78, 5) is 6.94. The predicted octanol–water partition coefficient (Wildman–Crippen LogP) is 4.24. The summed E-state index contributed by atoms with van der Waals surface area (Å²) in [6.07, 6.45) is -2.46. The number of rotatable bonds is 5. The minimum absolute atomic E-state index is 0.320. The number of ether oxygens (including phenoxy) is 3. The van der Waals surface area contributed by atoms with Crippen molar-refractivity contribution >= 4 is 11.6 Å². The van der Waals surface area contributed by atoms with Gasteiger partial charge in [0.05, 0.1) is 0 Å². The lowest BCUT2D eigenvalue weighted by Gasteiger charge is -2.36. The molecular formula is C15H20ClF3N2O3. The van der Waals surface area contributed by atoms with Crippen LogP contribution >= 0.6 is 11.6 Å². The largest absolute Gasteiger partial charge is 0.471 e. The Morgan fingerprint density at radius 3 is 2.62 bits per heavy atom. The van der Waals surface area contributed by atoms with Gasteiger partial charge >= 0.3 is 6.18 Å². The molecule has 1 aromatic heterocycles. The molecule has 5 nitrogen and oxygen atoms in total. The van der Waals surface area contributed by atoms with Gasteiger partial charge in [-0.25, -0.2) is 4.98 Å². The monoisotopic (exact) mass is 368 g/mol. The maximum atomic E-state index is 13.0. The number of alkyl halides is 3. The van der Waals surface area contributed by atoms with Crippen molar-refractivity contribution in [2.24, 2.45) is 0 Å². The van der Waals surface area contributed by atoms with Crippen LogP contribution in [0.3, 0.4) is 0 Å². The highest BCUT2D eigenvalue weighted by Gasteiger charge is 2.39. The first-order valence-electron chi connectivity index (χ1n) is 7.65. The summed E-state index contributed by atoms with van der Waals surface area (Å²) in [5.74, 6) is -0.615. The topological polar surface area (TPSA) is 53.5 Å². The lowest BCUT2D eigenvalue weighted by Crippen LogP contribution is -2.45. The van der Waals surface area contributed by atoms with Crippen LogP contribution < -0.4 is 4.74 Å². The van der Waals surface area contributed by atoms with Gasteiger partial charge in [0.2, 0.25) is 11.2 Å². The van der Waals surface area contributed by atoms with Gasteiger partial charge in [-0.15, -0.1) is 0 Å². The van der Waals surface area contributed by atoms with Crippen molar-refractivity contribution in [2.45, 2.75) is 64.2 Å². The Kier molecular flexibility index (Phi) is 5.93. The molecule has 1 aliphatic rings. The smallest absolute Gasteiger partial charge is 0.423 e. The third kappa shape index (κ3) is 4.94. The zero-order chi connectivity index (χ0) is 18.0. The fraction of sp³-hybridized carbons (Fsp3) is 0.733. The molecule has 1 aliphatic heterocycles. The van der Waals surface area contributed by atoms with Gasteiger partial charge in [0.1, 0.15) is 17.3 Å². The van der Waals surface area contributed by atoms with Gasteiger partial charge < -0.3 is 14.2 Å². The first-order valence-corrected chi connectivity index (χ1v) is 8.03. The van der Waals surface area contributed by atoms with Crippen LogP contribution in [0.25, 0.3) is 0 Å². The summed E-state index contributed by atoms with van der Waals surface area (Å²) in [6, 6.07) is 0. The Balaban J connectivity index is 2.12. The Hall–Kier alpha value is -1.12. The van der Waals surface area contributed by atoms with E-state index in [2.05, 4.69) is 9.97 Å². The molecule has 2 rings (SSSR count). The highest BCUT2D eigenvalue weighted by atomic mass is 35.5. The normalized spacial score (nSPS) is 20.7. The predicted molar refractivity (Wildman–Crippen MR) is 80.9 cm³/mol. The maximum absolute atomic E-state index is 13.0.